The van der Waals surface area contributed by atoms with Crippen molar-refractivity contribution in [1.29, 1.82) is 0 Å². The fraction of sp³-hybridized carbons (Fsp3) is 0.750. The van der Waals surface area contributed by atoms with Crippen LogP contribution in [0.3, 0.4) is 0 Å². The number of rotatable bonds is 10. The van der Waals surface area contributed by atoms with E-state index in [-0.39, 0.29) is 13.2 Å². The van der Waals surface area contributed by atoms with E-state index in [2.05, 4.69) is 6.58 Å². The van der Waals surface area contributed by atoms with Gasteiger partial charge < -0.3 is 9.01 Å². The van der Waals surface area contributed by atoms with Crippen molar-refractivity contribution in [2.75, 3.05) is 40.9 Å². The number of phosphoric acid groups is 1. The highest BCUT2D eigenvalue weighted by molar-refractivity contribution is 7.49. The van der Waals surface area contributed by atoms with E-state index in [4.69, 9.17) is 13.6 Å². The van der Waals surface area contributed by atoms with Crippen LogP contribution >= 0.6 is 7.82 Å². The van der Waals surface area contributed by atoms with E-state index in [1.54, 1.807) is 0 Å². The predicted molar refractivity (Wildman–Crippen MR) is 73.6 cm³/mol. The Morgan fingerprint density at radius 3 is 2.32 bits per heavy atom. The molecule has 0 fully saturated rings. The highest BCUT2D eigenvalue weighted by Gasteiger charge is 2.30. The topological polar surface area (TPSA) is 61.8 Å². The van der Waals surface area contributed by atoms with Crippen molar-refractivity contribution in [3.05, 3.63) is 12.7 Å². The van der Waals surface area contributed by atoms with Crippen LogP contribution in [0.15, 0.2) is 12.7 Å². The van der Waals surface area contributed by atoms with Crippen LogP contribution in [0.4, 0.5) is 0 Å². The second-order valence-corrected chi connectivity index (χ2v) is 6.69. The van der Waals surface area contributed by atoms with Crippen LogP contribution < -0.4 is 0 Å². The highest BCUT2D eigenvalue weighted by atomic mass is 31.2. The van der Waals surface area contributed by atoms with Crippen LogP contribution in [0, 0.1) is 0 Å². The molecule has 1 unspecified atom stereocenters. The average Bonchev–Trinajstić information content (AvgIpc) is 2.27. The maximum atomic E-state index is 12.2. The van der Waals surface area contributed by atoms with Gasteiger partial charge in [-0.25, -0.2) is 9.36 Å². The number of carbonyl (C=O) groups is 1. The summed E-state index contributed by atoms with van der Waals surface area (Å²) in [4.78, 5) is 11.1. The van der Waals surface area contributed by atoms with Crippen molar-refractivity contribution < 1.29 is 27.4 Å². The van der Waals surface area contributed by atoms with Gasteiger partial charge in [-0.2, -0.15) is 0 Å². The fourth-order valence-corrected chi connectivity index (χ4v) is 2.12. The number of unbranched alkanes of at least 4 members (excludes halogenated alkanes) is 1. The van der Waals surface area contributed by atoms with E-state index >= 15 is 0 Å². The largest absolute Gasteiger partial charge is 0.532 e. The third-order valence-corrected chi connectivity index (χ3v) is 3.53. The number of nitrogens with zero attached hydrogens (tertiary/aromatic N) is 1. The molecule has 0 N–H and O–H groups in total. The maximum Gasteiger partial charge on any atom is 0.532 e. The Balaban J connectivity index is 4.43. The highest BCUT2D eigenvalue weighted by Crippen LogP contribution is 2.49. The van der Waals surface area contributed by atoms with Gasteiger partial charge in [0.05, 0.1) is 27.7 Å². The van der Waals surface area contributed by atoms with Crippen LogP contribution in [-0.2, 0) is 22.9 Å². The Kier molecular flexibility index (Phi) is 8.18. The van der Waals surface area contributed by atoms with Crippen LogP contribution in [0.5, 0.6) is 0 Å². The molecule has 0 saturated heterocycles. The smallest absolute Gasteiger partial charge is 0.367 e. The standard InChI is InChI=1S/C12H25NO5P/c1-6-8-10-16-19(15,18-12(14)7-2)17-11-9-13(3,4)5/h7H,2,6,8-11H2,1,3-5H3/q+1. The molecule has 0 heterocycles. The molecule has 1 atom stereocenters. The lowest BCUT2D eigenvalue weighted by atomic mass is 10.4. The van der Waals surface area contributed by atoms with Gasteiger partial charge in [-0.05, 0) is 6.42 Å². The number of quaternary nitrogens is 1. The second kappa shape index (κ2) is 8.48. The summed E-state index contributed by atoms with van der Waals surface area (Å²) in [7, 11) is 2.08. The van der Waals surface area contributed by atoms with Gasteiger partial charge in [0, 0.05) is 6.08 Å². The van der Waals surface area contributed by atoms with Crippen molar-refractivity contribution in [3.8, 4) is 0 Å². The first-order chi connectivity index (χ1) is 8.72. The van der Waals surface area contributed by atoms with Gasteiger partial charge in [-0.15, -0.1) is 0 Å². The third kappa shape index (κ3) is 9.85. The first-order valence-corrected chi connectivity index (χ1v) is 7.74. The lowest BCUT2D eigenvalue weighted by Gasteiger charge is -2.24. The second-order valence-electron chi connectivity index (χ2n) is 5.10. The Morgan fingerprint density at radius 1 is 1.26 bits per heavy atom. The van der Waals surface area contributed by atoms with E-state index in [0.29, 0.717) is 17.4 Å². The van der Waals surface area contributed by atoms with E-state index in [0.717, 1.165) is 12.5 Å². The molecule has 0 spiro atoms. The summed E-state index contributed by atoms with van der Waals surface area (Å²) in [5, 5.41) is 0. The summed E-state index contributed by atoms with van der Waals surface area (Å²) < 4.78 is 27.8. The van der Waals surface area contributed by atoms with Crippen LogP contribution in [0.2, 0.25) is 0 Å². The molecular weight excluding hydrogens is 269 g/mol. The summed E-state index contributed by atoms with van der Waals surface area (Å²) in [6.45, 7) is 6.25. The minimum atomic E-state index is -3.84. The average molecular weight is 294 g/mol. The number of carbonyl (C=O) groups excluding carboxylic acids is 1. The van der Waals surface area contributed by atoms with Gasteiger partial charge in [0.1, 0.15) is 13.2 Å². The molecule has 0 saturated carbocycles. The van der Waals surface area contributed by atoms with Gasteiger partial charge in [0.2, 0.25) is 0 Å². The summed E-state index contributed by atoms with van der Waals surface area (Å²) in [6.07, 6.45) is 2.53. The molecule has 0 aliphatic rings. The summed E-state index contributed by atoms with van der Waals surface area (Å²) >= 11 is 0. The van der Waals surface area contributed by atoms with Crippen LogP contribution in [0.25, 0.3) is 0 Å². The van der Waals surface area contributed by atoms with Crippen LogP contribution in [-0.4, -0.2) is 51.4 Å². The molecule has 0 aromatic heterocycles. The monoisotopic (exact) mass is 294 g/mol. The zero-order chi connectivity index (χ0) is 14.9. The van der Waals surface area contributed by atoms with Crippen molar-refractivity contribution >= 4 is 13.8 Å². The van der Waals surface area contributed by atoms with Crippen LogP contribution in [0.1, 0.15) is 19.8 Å². The Labute approximate surface area is 115 Å². The molecule has 0 aromatic carbocycles. The molecule has 0 bridgehead atoms. The van der Waals surface area contributed by atoms with Crippen molar-refractivity contribution in [3.63, 3.8) is 0 Å². The van der Waals surface area contributed by atoms with Crippen molar-refractivity contribution in [2.45, 2.75) is 19.8 Å². The minimum Gasteiger partial charge on any atom is -0.367 e. The van der Waals surface area contributed by atoms with E-state index in [9.17, 15) is 9.36 Å². The van der Waals surface area contributed by atoms with Crippen molar-refractivity contribution in [2.24, 2.45) is 0 Å². The molecular formula is C12H25NO5P+. The number of likely N-dealkylation sites (N-methyl/N-ethyl adjacent to an activating group) is 1. The van der Waals surface area contributed by atoms with E-state index in [1.807, 2.05) is 28.1 Å². The summed E-state index contributed by atoms with van der Waals surface area (Å²) in [6, 6.07) is 0. The number of phosphoric ester groups is 1. The lowest BCUT2D eigenvalue weighted by molar-refractivity contribution is -0.870. The molecule has 19 heavy (non-hydrogen) atoms. The zero-order valence-corrected chi connectivity index (χ0v) is 13.2. The molecule has 0 aromatic rings. The molecule has 0 amide bonds. The van der Waals surface area contributed by atoms with E-state index < -0.39 is 13.8 Å². The van der Waals surface area contributed by atoms with Gasteiger partial charge in [-0.3, -0.25) is 9.05 Å². The van der Waals surface area contributed by atoms with Gasteiger partial charge >= 0.3 is 13.8 Å². The van der Waals surface area contributed by atoms with E-state index in [1.165, 1.54) is 0 Å². The molecule has 0 radical (unpaired) electrons. The first kappa shape index (κ1) is 18.3. The quantitative estimate of drug-likeness (QED) is 0.268. The normalized spacial score (nSPS) is 14.7. The van der Waals surface area contributed by atoms with Gasteiger partial charge in [0.25, 0.3) is 0 Å². The summed E-state index contributed by atoms with van der Waals surface area (Å²) in [5.74, 6) is -0.815. The lowest BCUT2D eigenvalue weighted by Crippen LogP contribution is -2.37. The molecule has 6 nitrogen and oxygen atoms in total. The minimum absolute atomic E-state index is 0.178. The summed E-state index contributed by atoms with van der Waals surface area (Å²) in [5.41, 5.74) is 0. The third-order valence-electron chi connectivity index (χ3n) is 2.13. The molecule has 0 aliphatic heterocycles. The molecule has 7 heteroatoms. The fourth-order valence-electron chi connectivity index (χ4n) is 0.985. The molecule has 112 valence electrons. The zero-order valence-electron chi connectivity index (χ0n) is 12.3. The number of hydrogen-bond acceptors (Lipinski definition) is 5. The Hall–Kier alpha value is -0.680. The Bertz CT molecular complexity index is 338. The van der Waals surface area contributed by atoms with Gasteiger partial charge in [-0.1, -0.05) is 19.9 Å². The van der Waals surface area contributed by atoms with Gasteiger partial charge in [0.15, 0.2) is 0 Å². The first-order valence-electron chi connectivity index (χ1n) is 6.28. The number of hydrogen-bond donors (Lipinski definition) is 0. The SMILES string of the molecule is C=CC(=O)OP(=O)(OCCCC)OCC[N+](C)(C)C. The molecule has 0 rings (SSSR count). The maximum absolute atomic E-state index is 12.2. The van der Waals surface area contributed by atoms with Crippen molar-refractivity contribution in [1.82, 2.24) is 0 Å². The molecule has 0 aliphatic carbocycles. The Morgan fingerprint density at radius 2 is 1.84 bits per heavy atom. The predicted octanol–water partition coefficient (Wildman–Crippen LogP) is 2.36.